The molecule has 2 heteroatoms. The van der Waals surface area contributed by atoms with Crippen LogP contribution in [0.4, 0.5) is 0 Å². The molecule has 0 aromatic heterocycles. The quantitative estimate of drug-likeness (QED) is 0.636. The van der Waals surface area contributed by atoms with Gasteiger partial charge in [0.15, 0.2) is 0 Å². The predicted molar refractivity (Wildman–Crippen MR) is 57.3 cm³/mol. The summed E-state index contributed by atoms with van der Waals surface area (Å²) in [6.45, 7) is 1.10. The van der Waals surface area contributed by atoms with E-state index in [4.69, 9.17) is 0 Å². The van der Waals surface area contributed by atoms with E-state index in [-0.39, 0.29) is 0 Å². The fourth-order valence-electron chi connectivity index (χ4n) is 1.20. The maximum absolute atomic E-state index is 2.26. The molecule has 72 valence electrons. The lowest BCUT2D eigenvalue weighted by molar-refractivity contribution is 0.439. The monoisotopic (exact) mass is 178 g/mol. The summed E-state index contributed by atoms with van der Waals surface area (Å²) in [7, 11) is 6.19. The van der Waals surface area contributed by atoms with Crippen LogP contribution in [0.15, 0.2) is 36.2 Å². The van der Waals surface area contributed by atoms with Crippen molar-refractivity contribution in [3.8, 4) is 0 Å². The molecule has 0 radical (unpaired) electrons. The first-order valence-electron chi connectivity index (χ1n) is 4.63. The van der Waals surface area contributed by atoms with Gasteiger partial charge in [-0.25, -0.2) is 0 Å². The summed E-state index contributed by atoms with van der Waals surface area (Å²) in [5.74, 6) is 0. The third-order valence-electron chi connectivity index (χ3n) is 2.02. The second-order valence-corrected chi connectivity index (χ2v) is 3.51. The van der Waals surface area contributed by atoms with Gasteiger partial charge in [-0.05, 0) is 18.6 Å². The van der Waals surface area contributed by atoms with Crippen LogP contribution in [0.1, 0.15) is 6.42 Å². The molecule has 1 rings (SSSR count). The molecule has 0 N–H and O–H groups in total. The Kier molecular flexibility index (Phi) is 3.62. The lowest BCUT2D eigenvalue weighted by atomic mass is 10.3. The molecule has 0 saturated carbocycles. The van der Waals surface area contributed by atoms with Crippen LogP contribution in [-0.2, 0) is 0 Å². The smallest absolute Gasteiger partial charge is 0.0378 e. The van der Waals surface area contributed by atoms with E-state index in [1.54, 1.807) is 0 Å². The third kappa shape index (κ3) is 3.36. The van der Waals surface area contributed by atoms with Crippen molar-refractivity contribution in [3.05, 3.63) is 36.2 Å². The fraction of sp³-hybridized carbons (Fsp3) is 0.455. The minimum atomic E-state index is 1.10. The molecule has 1 aliphatic rings. The average Bonchev–Trinajstić information content (AvgIpc) is 2.27. The topological polar surface area (TPSA) is 6.48 Å². The largest absolute Gasteiger partial charge is 0.383 e. The van der Waals surface area contributed by atoms with Gasteiger partial charge >= 0.3 is 0 Å². The first kappa shape index (κ1) is 9.90. The first-order chi connectivity index (χ1) is 6.20. The maximum Gasteiger partial charge on any atom is 0.0378 e. The fourth-order valence-corrected chi connectivity index (χ4v) is 1.20. The number of likely N-dealkylation sites (N-methyl/N-ethyl adjacent to an activating group) is 1. The van der Waals surface area contributed by atoms with Crippen molar-refractivity contribution in [2.24, 2.45) is 0 Å². The Morgan fingerprint density at radius 2 is 2.23 bits per heavy atom. The van der Waals surface area contributed by atoms with Gasteiger partial charge in [-0.2, -0.15) is 0 Å². The van der Waals surface area contributed by atoms with Crippen molar-refractivity contribution < 1.29 is 0 Å². The summed E-state index contributed by atoms with van der Waals surface area (Å²) in [4.78, 5) is 4.31. The highest BCUT2D eigenvalue weighted by Crippen LogP contribution is 2.08. The van der Waals surface area contributed by atoms with E-state index in [0.717, 1.165) is 13.0 Å². The second kappa shape index (κ2) is 4.75. The normalized spacial score (nSPS) is 17.5. The van der Waals surface area contributed by atoms with E-state index in [1.165, 1.54) is 5.70 Å². The molecule has 0 amide bonds. The highest BCUT2D eigenvalue weighted by Gasteiger charge is 2.01. The van der Waals surface area contributed by atoms with Gasteiger partial charge in [-0.15, -0.1) is 0 Å². The highest BCUT2D eigenvalue weighted by atomic mass is 15.1. The van der Waals surface area contributed by atoms with E-state index in [0.29, 0.717) is 0 Å². The Labute approximate surface area is 80.8 Å². The molecule has 0 bridgehead atoms. The molecular formula is C11H18N2. The van der Waals surface area contributed by atoms with Crippen LogP contribution in [0, 0.1) is 0 Å². The molecule has 0 saturated heterocycles. The molecular weight excluding hydrogens is 160 g/mol. The zero-order chi connectivity index (χ0) is 9.68. The van der Waals surface area contributed by atoms with Gasteiger partial charge in [0.2, 0.25) is 0 Å². The van der Waals surface area contributed by atoms with Crippen LogP contribution in [0.3, 0.4) is 0 Å². The van der Waals surface area contributed by atoms with Crippen molar-refractivity contribution >= 4 is 0 Å². The first-order valence-corrected chi connectivity index (χ1v) is 4.63. The summed E-state index contributed by atoms with van der Waals surface area (Å²) in [6, 6.07) is 0. The molecule has 0 unspecified atom stereocenters. The average molecular weight is 178 g/mol. The van der Waals surface area contributed by atoms with E-state index in [2.05, 4.69) is 42.5 Å². The van der Waals surface area contributed by atoms with Gasteiger partial charge < -0.3 is 9.80 Å². The zero-order valence-electron chi connectivity index (χ0n) is 8.70. The molecule has 0 aliphatic carbocycles. The van der Waals surface area contributed by atoms with Gasteiger partial charge in [0.25, 0.3) is 0 Å². The number of allylic oxidation sites excluding steroid dienone is 3. The number of hydrogen-bond acceptors (Lipinski definition) is 2. The van der Waals surface area contributed by atoms with Gasteiger partial charge in [-0.3, -0.25) is 0 Å². The predicted octanol–water partition coefficient (Wildman–Crippen LogP) is 1.84. The van der Waals surface area contributed by atoms with Crippen LogP contribution in [0.5, 0.6) is 0 Å². The van der Waals surface area contributed by atoms with E-state index < -0.39 is 0 Å². The van der Waals surface area contributed by atoms with Crippen LogP contribution in [0.2, 0.25) is 0 Å². The number of hydrogen-bond donors (Lipinski definition) is 0. The standard InChI is InChI=1S/C11H18N2/c1-12(2)10-8-11-7-5-4-6-9-13(11)3/h4-5,7-8,10H,6,9H2,1-3H3/b10-8-. The Morgan fingerprint density at radius 3 is 2.92 bits per heavy atom. The van der Waals surface area contributed by atoms with E-state index in [9.17, 15) is 0 Å². The van der Waals surface area contributed by atoms with Crippen molar-refractivity contribution in [1.82, 2.24) is 9.80 Å². The molecule has 1 heterocycles. The lowest BCUT2D eigenvalue weighted by Gasteiger charge is -2.18. The molecule has 0 fully saturated rings. The Balaban J connectivity index is 2.65. The SMILES string of the molecule is CN(C)/C=C\C1=CC=CCCN1C. The highest BCUT2D eigenvalue weighted by molar-refractivity contribution is 5.23. The summed E-state index contributed by atoms with van der Waals surface area (Å²) in [5.41, 5.74) is 1.27. The van der Waals surface area contributed by atoms with Crippen LogP contribution < -0.4 is 0 Å². The minimum absolute atomic E-state index is 1.10. The molecule has 0 aromatic rings. The molecule has 0 spiro atoms. The number of nitrogens with zero attached hydrogens (tertiary/aromatic N) is 2. The van der Waals surface area contributed by atoms with Crippen molar-refractivity contribution in [2.45, 2.75) is 6.42 Å². The third-order valence-corrected chi connectivity index (χ3v) is 2.02. The Bertz CT molecular complexity index is 236. The summed E-state index contributed by atoms with van der Waals surface area (Å²) in [5, 5.41) is 0. The number of rotatable bonds is 2. The second-order valence-electron chi connectivity index (χ2n) is 3.51. The summed E-state index contributed by atoms with van der Waals surface area (Å²) in [6.07, 6.45) is 11.8. The molecule has 0 aromatic carbocycles. The summed E-state index contributed by atoms with van der Waals surface area (Å²) < 4.78 is 0. The Morgan fingerprint density at radius 1 is 1.46 bits per heavy atom. The molecule has 13 heavy (non-hydrogen) atoms. The van der Waals surface area contributed by atoms with Gasteiger partial charge in [-0.1, -0.05) is 12.2 Å². The van der Waals surface area contributed by atoms with E-state index in [1.807, 2.05) is 19.0 Å². The maximum atomic E-state index is 2.26. The molecule has 2 nitrogen and oxygen atoms in total. The van der Waals surface area contributed by atoms with Crippen molar-refractivity contribution in [1.29, 1.82) is 0 Å². The Hall–Kier alpha value is -1.18. The minimum Gasteiger partial charge on any atom is -0.383 e. The lowest BCUT2D eigenvalue weighted by Crippen LogP contribution is -2.17. The zero-order valence-corrected chi connectivity index (χ0v) is 8.70. The van der Waals surface area contributed by atoms with Crippen LogP contribution in [0.25, 0.3) is 0 Å². The molecule has 1 aliphatic heterocycles. The van der Waals surface area contributed by atoms with Crippen LogP contribution >= 0.6 is 0 Å². The van der Waals surface area contributed by atoms with Crippen molar-refractivity contribution in [3.63, 3.8) is 0 Å². The molecule has 0 atom stereocenters. The van der Waals surface area contributed by atoms with Gasteiger partial charge in [0, 0.05) is 39.6 Å². The van der Waals surface area contributed by atoms with E-state index >= 15 is 0 Å². The van der Waals surface area contributed by atoms with Crippen LogP contribution in [-0.4, -0.2) is 37.5 Å². The summed E-state index contributed by atoms with van der Waals surface area (Å²) >= 11 is 0. The van der Waals surface area contributed by atoms with Crippen molar-refractivity contribution in [2.75, 3.05) is 27.7 Å². The van der Waals surface area contributed by atoms with Gasteiger partial charge in [0.1, 0.15) is 0 Å². The van der Waals surface area contributed by atoms with Gasteiger partial charge in [0.05, 0.1) is 0 Å².